The minimum atomic E-state index is -0.361. The highest BCUT2D eigenvalue weighted by Crippen LogP contribution is 2.19. The van der Waals surface area contributed by atoms with Crippen LogP contribution >= 0.6 is 0 Å². The van der Waals surface area contributed by atoms with Crippen LogP contribution in [0.2, 0.25) is 0 Å². The summed E-state index contributed by atoms with van der Waals surface area (Å²) in [7, 11) is 0. The smallest absolute Gasteiger partial charge is 0.210 e. The number of rotatable bonds is 2. The maximum absolute atomic E-state index is 12.8. The molecule has 0 N–H and O–H groups in total. The van der Waals surface area contributed by atoms with E-state index < -0.39 is 0 Å². The van der Waals surface area contributed by atoms with Gasteiger partial charge in [-0.05, 0) is 12.1 Å². The molecule has 1 aliphatic rings. The molecule has 0 saturated carbocycles. The number of carbonyl (C=O) groups excluding carboxylic acids is 1. The van der Waals surface area contributed by atoms with Gasteiger partial charge in [-0.2, -0.15) is 0 Å². The monoisotopic (exact) mass is 246 g/mol. The van der Waals surface area contributed by atoms with Gasteiger partial charge in [-0.15, -0.1) is 0 Å². The Morgan fingerprint density at radius 2 is 2.22 bits per heavy atom. The normalized spacial score (nSPS) is 14.4. The maximum atomic E-state index is 12.8. The number of halogens is 1. The average molecular weight is 246 g/mol. The molecule has 18 heavy (non-hydrogen) atoms. The third kappa shape index (κ3) is 1.75. The second-order valence-corrected chi connectivity index (χ2v) is 4.17. The van der Waals surface area contributed by atoms with Crippen LogP contribution in [0.3, 0.4) is 0 Å². The molecule has 0 radical (unpaired) electrons. The molecule has 0 spiro atoms. The molecule has 3 rings (SSSR count). The van der Waals surface area contributed by atoms with Gasteiger partial charge in [-0.3, -0.25) is 9.36 Å². The molecule has 1 aliphatic heterocycles. The van der Waals surface area contributed by atoms with Crippen LogP contribution < -0.4 is 0 Å². The van der Waals surface area contributed by atoms with Crippen molar-refractivity contribution in [2.24, 2.45) is 0 Å². The van der Waals surface area contributed by atoms with E-state index in [0.29, 0.717) is 18.9 Å². The van der Waals surface area contributed by atoms with Crippen molar-refractivity contribution < 1.29 is 9.18 Å². The molecule has 0 bridgehead atoms. The number of imidazole rings is 1. The molecular formula is C12H11FN4O. The summed E-state index contributed by atoms with van der Waals surface area (Å²) in [6, 6.07) is 2.98. The molecule has 6 heteroatoms. The van der Waals surface area contributed by atoms with Crippen molar-refractivity contribution in [3.63, 3.8) is 0 Å². The van der Waals surface area contributed by atoms with E-state index in [1.807, 2.05) is 4.57 Å². The SMILES string of the molecule is O=CN1CCc2c(ncn2-c2ccc(F)cn2)C1. The molecule has 0 unspecified atom stereocenters. The Bertz CT molecular complexity index is 578. The van der Waals surface area contributed by atoms with Crippen LogP contribution in [0.1, 0.15) is 11.4 Å². The number of nitrogens with zero attached hydrogens (tertiary/aromatic N) is 4. The van der Waals surface area contributed by atoms with Crippen LogP contribution in [0, 0.1) is 5.82 Å². The first kappa shape index (κ1) is 10.9. The number of fused-ring (bicyclic) bond motifs is 1. The van der Waals surface area contributed by atoms with Gasteiger partial charge in [0, 0.05) is 13.0 Å². The zero-order valence-electron chi connectivity index (χ0n) is 9.58. The molecule has 5 nitrogen and oxygen atoms in total. The summed E-state index contributed by atoms with van der Waals surface area (Å²) >= 11 is 0. The van der Waals surface area contributed by atoms with E-state index in [2.05, 4.69) is 9.97 Å². The Kier molecular flexibility index (Phi) is 2.55. The van der Waals surface area contributed by atoms with Gasteiger partial charge in [0.1, 0.15) is 18.0 Å². The fourth-order valence-electron chi connectivity index (χ4n) is 2.13. The predicted octanol–water partition coefficient (Wildman–Crippen LogP) is 0.921. The third-order valence-corrected chi connectivity index (χ3v) is 3.05. The summed E-state index contributed by atoms with van der Waals surface area (Å²) < 4.78 is 14.7. The number of hydrogen-bond acceptors (Lipinski definition) is 3. The van der Waals surface area contributed by atoms with E-state index in [1.165, 1.54) is 12.3 Å². The van der Waals surface area contributed by atoms with Gasteiger partial charge in [-0.25, -0.2) is 14.4 Å². The summed E-state index contributed by atoms with van der Waals surface area (Å²) in [5.41, 5.74) is 1.91. The predicted molar refractivity (Wildman–Crippen MR) is 61.5 cm³/mol. The molecule has 2 aromatic heterocycles. The molecule has 3 heterocycles. The van der Waals surface area contributed by atoms with Crippen molar-refractivity contribution in [3.8, 4) is 5.82 Å². The van der Waals surface area contributed by atoms with Gasteiger partial charge in [0.25, 0.3) is 0 Å². The van der Waals surface area contributed by atoms with Crippen LogP contribution in [-0.4, -0.2) is 32.4 Å². The van der Waals surface area contributed by atoms with Crippen molar-refractivity contribution in [2.75, 3.05) is 6.54 Å². The van der Waals surface area contributed by atoms with E-state index in [9.17, 15) is 9.18 Å². The Morgan fingerprint density at radius 1 is 1.33 bits per heavy atom. The number of pyridine rings is 1. The Labute approximate surface area is 103 Å². The Hall–Kier alpha value is -2.24. The van der Waals surface area contributed by atoms with Gasteiger partial charge < -0.3 is 4.90 Å². The van der Waals surface area contributed by atoms with Crippen LogP contribution in [0.5, 0.6) is 0 Å². The Morgan fingerprint density at radius 3 is 2.94 bits per heavy atom. The van der Waals surface area contributed by atoms with Gasteiger partial charge in [0.05, 0.1) is 24.1 Å². The van der Waals surface area contributed by atoms with Crippen molar-refractivity contribution in [2.45, 2.75) is 13.0 Å². The first-order valence-electron chi connectivity index (χ1n) is 5.64. The molecule has 0 atom stereocenters. The van der Waals surface area contributed by atoms with E-state index in [0.717, 1.165) is 24.2 Å². The van der Waals surface area contributed by atoms with Crippen LogP contribution in [0.15, 0.2) is 24.7 Å². The minimum absolute atomic E-state index is 0.361. The zero-order valence-corrected chi connectivity index (χ0v) is 9.58. The number of hydrogen-bond donors (Lipinski definition) is 0. The lowest BCUT2D eigenvalue weighted by atomic mass is 10.1. The van der Waals surface area contributed by atoms with Crippen LogP contribution in [-0.2, 0) is 17.8 Å². The molecule has 0 aromatic carbocycles. The van der Waals surface area contributed by atoms with E-state index in [-0.39, 0.29) is 5.82 Å². The fourth-order valence-corrected chi connectivity index (χ4v) is 2.13. The summed E-state index contributed by atoms with van der Waals surface area (Å²) in [6.45, 7) is 1.19. The first-order chi connectivity index (χ1) is 8.78. The lowest BCUT2D eigenvalue weighted by Crippen LogP contribution is -2.30. The molecule has 1 amide bonds. The lowest BCUT2D eigenvalue weighted by molar-refractivity contribution is -0.119. The second-order valence-electron chi connectivity index (χ2n) is 4.17. The van der Waals surface area contributed by atoms with Crippen molar-refractivity contribution in [3.05, 3.63) is 41.9 Å². The number of carbonyl (C=O) groups is 1. The van der Waals surface area contributed by atoms with Gasteiger partial charge >= 0.3 is 0 Å². The molecule has 0 saturated heterocycles. The number of amides is 1. The van der Waals surface area contributed by atoms with E-state index in [4.69, 9.17) is 0 Å². The standard InChI is InChI=1S/C12H11FN4O/c13-9-1-2-12(14-5-9)17-7-15-10-6-16(8-18)4-3-11(10)17/h1-2,5,7-8H,3-4,6H2. The highest BCUT2D eigenvalue weighted by Gasteiger charge is 2.20. The van der Waals surface area contributed by atoms with Gasteiger partial charge in [0.15, 0.2) is 0 Å². The molecule has 0 aliphatic carbocycles. The van der Waals surface area contributed by atoms with Gasteiger partial charge in [0.2, 0.25) is 6.41 Å². The Balaban J connectivity index is 1.98. The van der Waals surface area contributed by atoms with Crippen LogP contribution in [0.4, 0.5) is 4.39 Å². The molecule has 2 aromatic rings. The van der Waals surface area contributed by atoms with Gasteiger partial charge in [-0.1, -0.05) is 0 Å². The lowest BCUT2D eigenvalue weighted by Gasteiger charge is -2.22. The average Bonchev–Trinajstić information content (AvgIpc) is 2.82. The van der Waals surface area contributed by atoms with E-state index >= 15 is 0 Å². The summed E-state index contributed by atoms with van der Waals surface area (Å²) in [5, 5.41) is 0. The molecule has 0 fully saturated rings. The number of aromatic nitrogens is 3. The zero-order chi connectivity index (χ0) is 12.5. The topological polar surface area (TPSA) is 51.0 Å². The first-order valence-corrected chi connectivity index (χ1v) is 5.64. The quantitative estimate of drug-likeness (QED) is 0.740. The second kappa shape index (κ2) is 4.21. The van der Waals surface area contributed by atoms with Crippen LogP contribution in [0.25, 0.3) is 5.82 Å². The highest BCUT2D eigenvalue weighted by atomic mass is 19.1. The van der Waals surface area contributed by atoms with Crippen molar-refractivity contribution in [1.82, 2.24) is 19.4 Å². The summed E-state index contributed by atoms with van der Waals surface area (Å²) in [5.74, 6) is 0.282. The third-order valence-electron chi connectivity index (χ3n) is 3.05. The largest absolute Gasteiger partial charge is 0.339 e. The van der Waals surface area contributed by atoms with Crippen molar-refractivity contribution >= 4 is 6.41 Å². The minimum Gasteiger partial charge on any atom is -0.339 e. The fraction of sp³-hybridized carbons (Fsp3) is 0.250. The van der Waals surface area contributed by atoms with E-state index in [1.54, 1.807) is 17.3 Å². The summed E-state index contributed by atoms with van der Waals surface area (Å²) in [6.07, 6.45) is 4.41. The molecular weight excluding hydrogens is 235 g/mol. The molecule has 92 valence electrons. The van der Waals surface area contributed by atoms with Crippen molar-refractivity contribution in [1.29, 1.82) is 0 Å². The maximum Gasteiger partial charge on any atom is 0.210 e. The summed E-state index contributed by atoms with van der Waals surface area (Å²) in [4.78, 5) is 20.7. The highest BCUT2D eigenvalue weighted by molar-refractivity contribution is 5.48.